The van der Waals surface area contributed by atoms with Crippen molar-refractivity contribution in [1.29, 1.82) is 0 Å². The fourth-order valence-electron chi connectivity index (χ4n) is 2.26. The number of amides is 1. The van der Waals surface area contributed by atoms with E-state index < -0.39 is 12.0 Å². The van der Waals surface area contributed by atoms with E-state index in [1.807, 2.05) is 6.92 Å². The molecule has 1 N–H and O–H groups in total. The number of aromatic nitrogens is 2. The molecule has 0 aromatic carbocycles. The van der Waals surface area contributed by atoms with Gasteiger partial charge >= 0.3 is 5.97 Å². The van der Waals surface area contributed by atoms with Gasteiger partial charge in [0.15, 0.2) is 0 Å². The molecule has 0 unspecified atom stereocenters. The monoisotopic (exact) mass is 251 g/mol. The number of likely N-dealkylation sites (tertiary alicyclic amines) is 1. The molecule has 2 rings (SSSR count). The Balaban J connectivity index is 2.12. The van der Waals surface area contributed by atoms with E-state index in [1.165, 1.54) is 11.1 Å². The molecule has 1 aliphatic rings. The number of rotatable bonds is 4. The second-order valence-corrected chi connectivity index (χ2v) is 4.49. The molecule has 1 atom stereocenters. The van der Waals surface area contributed by atoms with Crippen LogP contribution in [-0.2, 0) is 11.3 Å². The van der Waals surface area contributed by atoms with Crippen LogP contribution in [0.5, 0.6) is 0 Å². The first kappa shape index (κ1) is 12.6. The Morgan fingerprint density at radius 1 is 1.56 bits per heavy atom. The highest BCUT2D eigenvalue weighted by Crippen LogP contribution is 2.20. The molecule has 0 aliphatic carbocycles. The zero-order valence-electron chi connectivity index (χ0n) is 10.4. The maximum atomic E-state index is 12.2. The highest BCUT2D eigenvalue weighted by Gasteiger charge is 2.34. The molecular formula is C12H17N3O3. The third-order valence-electron chi connectivity index (χ3n) is 3.13. The lowest BCUT2D eigenvalue weighted by atomic mass is 10.2. The van der Waals surface area contributed by atoms with E-state index in [0.717, 1.165) is 19.4 Å². The molecule has 1 aliphatic heterocycles. The molecule has 1 aromatic heterocycles. The number of hydrogen-bond acceptors (Lipinski definition) is 3. The van der Waals surface area contributed by atoms with Crippen molar-refractivity contribution in [3.63, 3.8) is 0 Å². The lowest BCUT2D eigenvalue weighted by Gasteiger charge is -2.20. The minimum absolute atomic E-state index is 0.234. The quantitative estimate of drug-likeness (QED) is 0.865. The normalized spacial score (nSPS) is 19.2. The Kier molecular flexibility index (Phi) is 3.64. The van der Waals surface area contributed by atoms with Crippen LogP contribution in [0.15, 0.2) is 12.4 Å². The second kappa shape index (κ2) is 5.20. The van der Waals surface area contributed by atoms with E-state index in [0.29, 0.717) is 18.5 Å². The van der Waals surface area contributed by atoms with Gasteiger partial charge in [0.05, 0.1) is 11.8 Å². The predicted octanol–water partition coefficient (Wildman–Crippen LogP) is 0.982. The Hall–Kier alpha value is -1.85. The standard InChI is InChI=1S/C12H17N3O3/c1-2-5-14-8-9(7-13-14)11(16)15-6-3-4-10(15)12(17)18/h7-8,10H,2-6H2,1H3,(H,17,18)/t10-/m0/s1. The molecule has 6 heteroatoms. The largest absolute Gasteiger partial charge is 0.480 e. The molecule has 0 radical (unpaired) electrons. The highest BCUT2D eigenvalue weighted by atomic mass is 16.4. The fraction of sp³-hybridized carbons (Fsp3) is 0.583. The Labute approximate surface area is 105 Å². The summed E-state index contributed by atoms with van der Waals surface area (Å²) in [5.41, 5.74) is 0.469. The summed E-state index contributed by atoms with van der Waals surface area (Å²) >= 11 is 0. The topological polar surface area (TPSA) is 75.4 Å². The van der Waals surface area contributed by atoms with Crippen LogP contribution in [0.2, 0.25) is 0 Å². The van der Waals surface area contributed by atoms with Gasteiger partial charge in [0.1, 0.15) is 6.04 Å². The van der Waals surface area contributed by atoms with Crippen molar-refractivity contribution in [3.05, 3.63) is 18.0 Å². The summed E-state index contributed by atoms with van der Waals surface area (Å²) in [4.78, 5) is 24.7. The van der Waals surface area contributed by atoms with Gasteiger partial charge in [0.2, 0.25) is 0 Å². The van der Waals surface area contributed by atoms with Gasteiger partial charge in [-0.2, -0.15) is 5.10 Å². The van der Waals surface area contributed by atoms with Crippen molar-refractivity contribution in [2.75, 3.05) is 6.54 Å². The number of hydrogen-bond donors (Lipinski definition) is 1. The SMILES string of the molecule is CCCn1cc(C(=O)N2CCC[C@H]2C(=O)O)cn1. The molecule has 6 nitrogen and oxygen atoms in total. The Morgan fingerprint density at radius 3 is 3.00 bits per heavy atom. The van der Waals surface area contributed by atoms with Gasteiger partial charge in [-0.25, -0.2) is 4.79 Å². The molecule has 2 heterocycles. The van der Waals surface area contributed by atoms with Gasteiger partial charge in [0, 0.05) is 19.3 Å². The third-order valence-corrected chi connectivity index (χ3v) is 3.13. The van der Waals surface area contributed by atoms with Crippen molar-refractivity contribution in [1.82, 2.24) is 14.7 Å². The molecule has 1 saturated heterocycles. The number of aryl methyl sites for hydroxylation is 1. The molecule has 18 heavy (non-hydrogen) atoms. The first-order chi connectivity index (χ1) is 8.63. The maximum Gasteiger partial charge on any atom is 0.326 e. The number of carboxylic acids is 1. The zero-order valence-corrected chi connectivity index (χ0v) is 10.4. The molecule has 1 amide bonds. The van der Waals surface area contributed by atoms with E-state index in [4.69, 9.17) is 5.11 Å². The third kappa shape index (κ3) is 2.37. The summed E-state index contributed by atoms with van der Waals surface area (Å²) in [5, 5.41) is 13.1. The molecule has 1 fully saturated rings. The average Bonchev–Trinajstić information content (AvgIpc) is 2.96. The van der Waals surface area contributed by atoms with Crippen LogP contribution in [0, 0.1) is 0 Å². The van der Waals surface area contributed by atoms with Crippen molar-refractivity contribution in [2.24, 2.45) is 0 Å². The Morgan fingerprint density at radius 2 is 2.33 bits per heavy atom. The van der Waals surface area contributed by atoms with Crippen LogP contribution < -0.4 is 0 Å². The molecule has 1 aromatic rings. The minimum atomic E-state index is -0.929. The maximum absolute atomic E-state index is 12.2. The van der Waals surface area contributed by atoms with Crippen LogP contribution in [0.1, 0.15) is 36.5 Å². The number of aliphatic carboxylic acids is 1. The van der Waals surface area contributed by atoms with Gasteiger partial charge in [-0.1, -0.05) is 6.92 Å². The van der Waals surface area contributed by atoms with E-state index >= 15 is 0 Å². The summed E-state index contributed by atoms with van der Waals surface area (Å²) in [6.45, 7) is 3.30. The van der Waals surface area contributed by atoms with Gasteiger partial charge in [0.25, 0.3) is 5.91 Å². The van der Waals surface area contributed by atoms with Crippen LogP contribution in [0.3, 0.4) is 0 Å². The van der Waals surface area contributed by atoms with Crippen LogP contribution in [0.4, 0.5) is 0 Å². The smallest absolute Gasteiger partial charge is 0.326 e. The van der Waals surface area contributed by atoms with Crippen LogP contribution >= 0.6 is 0 Å². The lowest BCUT2D eigenvalue weighted by molar-refractivity contribution is -0.141. The number of carboxylic acid groups (broad SMARTS) is 1. The molecule has 0 spiro atoms. The van der Waals surface area contributed by atoms with E-state index in [9.17, 15) is 9.59 Å². The van der Waals surface area contributed by atoms with Crippen molar-refractivity contribution >= 4 is 11.9 Å². The number of carbonyl (C=O) groups is 2. The minimum Gasteiger partial charge on any atom is -0.480 e. The first-order valence-electron chi connectivity index (χ1n) is 6.19. The number of carbonyl (C=O) groups excluding carboxylic acids is 1. The summed E-state index contributed by atoms with van der Waals surface area (Å²) in [6, 6.07) is -0.688. The Bertz CT molecular complexity index is 455. The summed E-state index contributed by atoms with van der Waals surface area (Å²) in [5.74, 6) is -1.16. The summed E-state index contributed by atoms with van der Waals surface area (Å²) < 4.78 is 1.71. The van der Waals surface area contributed by atoms with E-state index in [-0.39, 0.29) is 5.91 Å². The lowest BCUT2D eigenvalue weighted by Crippen LogP contribution is -2.40. The van der Waals surface area contributed by atoms with Gasteiger partial charge < -0.3 is 10.0 Å². The summed E-state index contributed by atoms with van der Waals surface area (Å²) in [6.07, 6.45) is 5.41. The first-order valence-corrected chi connectivity index (χ1v) is 6.19. The molecular weight excluding hydrogens is 234 g/mol. The van der Waals surface area contributed by atoms with Crippen molar-refractivity contribution in [2.45, 2.75) is 38.8 Å². The van der Waals surface area contributed by atoms with Crippen molar-refractivity contribution in [3.8, 4) is 0 Å². The number of nitrogens with zero attached hydrogens (tertiary/aromatic N) is 3. The van der Waals surface area contributed by atoms with E-state index in [2.05, 4.69) is 5.10 Å². The van der Waals surface area contributed by atoms with E-state index in [1.54, 1.807) is 10.9 Å². The van der Waals surface area contributed by atoms with Gasteiger partial charge in [-0.15, -0.1) is 0 Å². The second-order valence-electron chi connectivity index (χ2n) is 4.49. The van der Waals surface area contributed by atoms with Crippen molar-refractivity contribution < 1.29 is 14.7 Å². The van der Waals surface area contributed by atoms with Crippen LogP contribution in [-0.4, -0.2) is 44.3 Å². The average molecular weight is 251 g/mol. The van der Waals surface area contributed by atoms with Gasteiger partial charge in [-0.3, -0.25) is 9.48 Å². The highest BCUT2D eigenvalue weighted by molar-refractivity contribution is 5.96. The fourth-order valence-corrected chi connectivity index (χ4v) is 2.26. The molecule has 0 bridgehead atoms. The van der Waals surface area contributed by atoms with Crippen LogP contribution in [0.25, 0.3) is 0 Å². The predicted molar refractivity (Wildman–Crippen MR) is 64.2 cm³/mol. The summed E-state index contributed by atoms with van der Waals surface area (Å²) in [7, 11) is 0. The molecule has 0 saturated carbocycles. The zero-order chi connectivity index (χ0) is 13.1. The molecule has 98 valence electrons. The van der Waals surface area contributed by atoms with Gasteiger partial charge in [-0.05, 0) is 19.3 Å².